The Morgan fingerprint density at radius 3 is 1.93 bits per heavy atom. The van der Waals surface area contributed by atoms with Gasteiger partial charge in [-0.25, -0.2) is 0 Å². The summed E-state index contributed by atoms with van der Waals surface area (Å²) in [5.41, 5.74) is 0. The summed E-state index contributed by atoms with van der Waals surface area (Å²) in [6.45, 7) is 15.6. The van der Waals surface area contributed by atoms with Crippen LogP contribution < -0.4 is 0 Å². The standard InChI is InChI=1S/C11H23NOSi/c1-8-9(2)12(10(8)13)14(6,7)11(3,4)5/h8-9H,1-7H3/t8-,9-/m1/s1. The van der Waals surface area contributed by atoms with E-state index in [4.69, 9.17) is 0 Å². The van der Waals surface area contributed by atoms with Gasteiger partial charge in [-0.05, 0) is 12.0 Å². The van der Waals surface area contributed by atoms with Crippen molar-refractivity contribution in [3.05, 3.63) is 0 Å². The summed E-state index contributed by atoms with van der Waals surface area (Å²) in [6.07, 6.45) is 0. The molecule has 0 aliphatic carbocycles. The number of amides is 1. The molecule has 0 saturated carbocycles. The summed E-state index contributed by atoms with van der Waals surface area (Å²) >= 11 is 0. The molecule has 1 amide bonds. The van der Waals surface area contributed by atoms with Crippen LogP contribution in [0.2, 0.25) is 18.1 Å². The third kappa shape index (κ3) is 1.42. The molecule has 82 valence electrons. The van der Waals surface area contributed by atoms with Crippen LogP contribution >= 0.6 is 0 Å². The number of carbonyl (C=O) groups is 1. The molecule has 0 aromatic heterocycles. The molecular formula is C11H23NOSi. The molecule has 1 fully saturated rings. The number of carbonyl (C=O) groups excluding carboxylic acids is 1. The van der Waals surface area contributed by atoms with Crippen molar-refractivity contribution in [1.29, 1.82) is 0 Å². The van der Waals surface area contributed by atoms with Crippen molar-refractivity contribution in [3.8, 4) is 0 Å². The van der Waals surface area contributed by atoms with Crippen molar-refractivity contribution in [2.24, 2.45) is 5.92 Å². The van der Waals surface area contributed by atoms with E-state index in [-0.39, 0.29) is 11.0 Å². The maximum atomic E-state index is 11.8. The molecular weight excluding hydrogens is 190 g/mol. The van der Waals surface area contributed by atoms with E-state index in [2.05, 4.69) is 45.4 Å². The number of hydrogen-bond donors (Lipinski definition) is 0. The molecule has 0 spiro atoms. The quantitative estimate of drug-likeness (QED) is 0.484. The lowest BCUT2D eigenvalue weighted by molar-refractivity contribution is -0.145. The first-order chi connectivity index (χ1) is 6.10. The van der Waals surface area contributed by atoms with E-state index < -0.39 is 8.24 Å². The first kappa shape index (κ1) is 11.8. The monoisotopic (exact) mass is 213 g/mol. The van der Waals surface area contributed by atoms with Crippen LogP contribution in [0.5, 0.6) is 0 Å². The molecule has 0 radical (unpaired) electrons. The van der Waals surface area contributed by atoms with Crippen molar-refractivity contribution < 1.29 is 4.79 Å². The van der Waals surface area contributed by atoms with E-state index in [9.17, 15) is 4.79 Å². The van der Waals surface area contributed by atoms with Crippen LogP contribution in [-0.4, -0.2) is 24.7 Å². The molecule has 0 aromatic carbocycles. The number of rotatable bonds is 1. The topological polar surface area (TPSA) is 20.3 Å². The lowest BCUT2D eigenvalue weighted by atomic mass is 9.94. The zero-order chi connectivity index (χ0) is 11.3. The molecule has 0 aromatic rings. The highest BCUT2D eigenvalue weighted by atomic mass is 28.3. The van der Waals surface area contributed by atoms with Crippen LogP contribution in [0.25, 0.3) is 0 Å². The van der Waals surface area contributed by atoms with Crippen LogP contribution in [0.1, 0.15) is 34.6 Å². The molecule has 0 N–H and O–H groups in total. The highest BCUT2D eigenvalue weighted by molar-refractivity contribution is 6.80. The van der Waals surface area contributed by atoms with Gasteiger partial charge >= 0.3 is 0 Å². The van der Waals surface area contributed by atoms with Gasteiger partial charge in [0, 0.05) is 6.04 Å². The van der Waals surface area contributed by atoms with Gasteiger partial charge in [0.25, 0.3) is 0 Å². The van der Waals surface area contributed by atoms with E-state index in [0.717, 1.165) is 0 Å². The molecule has 3 heteroatoms. The number of nitrogens with zero attached hydrogens (tertiary/aromatic N) is 1. The van der Waals surface area contributed by atoms with Gasteiger partial charge in [-0.3, -0.25) is 4.79 Å². The fourth-order valence-corrected chi connectivity index (χ4v) is 4.63. The normalized spacial score (nSPS) is 29.1. The third-order valence-corrected chi connectivity index (χ3v) is 9.70. The average Bonchev–Trinajstić information content (AvgIpc) is 2.01. The predicted molar refractivity (Wildman–Crippen MR) is 62.7 cm³/mol. The fraction of sp³-hybridized carbons (Fsp3) is 0.909. The second-order valence-corrected chi connectivity index (χ2v) is 11.1. The Morgan fingerprint density at radius 1 is 1.21 bits per heavy atom. The molecule has 2 atom stereocenters. The molecule has 2 nitrogen and oxygen atoms in total. The lowest BCUT2D eigenvalue weighted by Crippen LogP contribution is -2.71. The third-order valence-electron chi connectivity index (χ3n) is 4.20. The lowest BCUT2D eigenvalue weighted by Gasteiger charge is -2.57. The second kappa shape index (κ2) is 3.09. The Balaban J connectivity index is 2.91. The molecule has 1 rings (SSSR count). The Hall–Kier alpha value is -0.313. The van der Waals surface area contributed by atoms with Gasteiger partial charge in [0.15, 0.2) is 8.24 Å². The minimum Gasteiger partial charge on any atom is -0.366 e. The maximum Gasteiger partial charge on any atom is 0.219 e. The van der Waals surface area contributed by atoms with Crippen molar-refractivity contribution in [3.63, 3.8) is 0 Å². The van der Waals surface area contributed by atoms with Crippen LogP contribution in [0.15, 0.2) is 0 Å². The van der Waals surface area contributed by atoms with Crippen LogP contribution in [0, 0.1) is 5.92 Å². The average molecular weight is 213 g/mol. The highest BCUT2D eigenvalue weighted by Gasteiger charge is 2.53. The van der Waals surface area contributed by atoms with Crippen molar-refractivity contribution in [2.75, 3.05) is 0 Å². The minimum atomic E-state index is -1.61. The summed E-state index contributed by atoms with van der Waals surface area (Å²) < 4.78 is 2.18. The predicted octanol–water partition coefficient (Wildman–Crippen LogP) is 2.86. The summed E-state index contributed by atoms with van der Waals surface area (Å²) in [5, 5.41) is 0.261. The van der Waals surface area contributed by atoms with Crippen molar-refractivity contribution >= 4 is 14.1 Å². The number of β-lactam (4-membered cyclic amide) rings is 1. The Kier molecular flexibility index (Phi) is 2.59. The second-order valence-electron chi connectivity index (χ2n) is 6.05. The first-order valence-corrected chi connectivity index (χ1v) is 8.38. The van der Waals surface area contributed by atoms with Gasteiger partial charge in [0.1, 0.15) is 0 Å². The zero-order valence-electron chi connectivity index (χ0n) is 10.5. The van der Waals surface area contributed by atoms with Crippen LogP contribution in [-0.2, 0) is 4.79 Å². The summed E-state index contributed by atoms with van der Waals surface area (Å²) in [5.74, 6) is 0.605. The van der Waals surface area contributed by atoms with Gasteiger partial charge in [-0.1, -0.05) is 40.8 Å². The fourth-order valence-electron chi connectivity index (χ4n) is 1.91. The number of hydrogen-bond acceptors (Lipinski definition) is 1. The Bertz CT molecular complexity index is 255. The molecule has 1 heterocycles. The zero-order valence-corrected chi connectivity index (χ0v) is 11.5. The molecule has 1 saturated heterocycles. The molecule has 1 aliphatic rings. The van der Waals surface area contributed by atoms with Gasteiger partial charge in [-0.2, -0.15) is 0 Å². The molecule has 1 aliphatic heterocycles. The molecule has 0 bridgehead atoms. The summed E-state index contributed by atoms with van der Waals surface area (Å²) in [6, 6.07) is 0.448. The van der Waals surface area contributed by atoms with Gasteiger partial charge in [0.2, 0.25) is 5.91 Å². The van der Waals surface area contributed by atoms with Gasteiger partial charge in [0.05, 0.1) is 5.92 Å². The van der Waals surface area contributed by atoms with Crippen molar-refractivity contribution in [1.82, 2.24) is 4.57 Å². The van der Waals surface area contributed by atoms with E-state index in [1.165, 1.54) is 0 Å². The van der Waals surface area contributed by atoms with Crippen LogP contribution in [0.3, 0.4) is 0 Å². The molecule has 14 heavy (non-hydrogen) atoms. The van der Waals surface area contributed by atoms with Gasteiger partial charge in [-0.15, -0.1) is 0 Å². The Morgan fingerprint density at radius 2 is 1.64 bits per heavy atom. The summed E-state index contributed by atoms with van der Waals surface area (Å²) in [4.78, 5) is 11.8. The SMILES string of the molecule is C[C@@H]1[C@@H](C)C(=O)N1[Si](C)(C)C(C)(C)C. The van der Waals surface area contributed by atoms with Crippen molar-refractivity contribution in [2.45, 2.75) is 58.8 Å². The highest BCUT2D eigenvalue weighted by Crippen LogP contribution is 2.44. The van der Waals surface area contributed by atoms with E-state index in [1.54, 1.807) is 0 Å². The van der Waals surface area contributed by atoms with Crippen LogP contribution in [0.4, 0.5) is 0 Å². The first-order valence-electron chi connectivity index (χ1n) is 5.44. The van der Waals surface area contributed by atoms with Gasteiger partial charge < -0.3 is 4.57 Å². The van der Waals surface area contributed by atoms with E-state index >= 15 is 0 Å². The molecule has 0 unspecified atom stereocenters. The minimum absolute atomic E-state index is 0.240. The largest absolute Gasteiger partial charge is 0.366 e. The smallest absolute Gasteiger partial charge is 0.219 e. The summed E-state index contributed by atoms with van der Waals surface area (Å²) in [7, 11) is -1.61. The van der Waals surface area contributed by atoms with E-state index in [0.29, 0.717) is 11.9 Å². The van der Waals surface area contributed by atoms with E-state index in [1.807, 2.05) is 6.92 Å². The maximum absolute atomic E-state index is 11.8. The Labute approximate surface area is 88.8 Å².